The predicted molar refractivity (Wildman–Crippen MR) is 98.5 cm³/mol. The van der Waals surface area contributed by atoms with E-state index >= 15 is 0 Å². The van der Waals surface area contributed by atoms with Crippen molar-refractivity contribution in [3.05, 3.63) is 59.2 Å². The average Bonchev–Trinajstić information content (AvgIpc) is 2.95. The summed E-state index contributed by atoms with van der Waals surface area (Å²) in [6, 6.07) is 8.05. The Balaban J connectivity index is 2.14. The molecular weight excluding hydrogens is 395 g/mol. The normalized spacial score (nSPS) is 12.6. The lowest BCUT2D eigenvalue weighted by molar-refractivity contribution is -0.137. The van der Waals surface area contributed by atoms with E-state index in [2.05, 4.69) is 4.98 Å². The number of rotatable bonds is 4. The van der Waals surface area contributed by atoms with Crippen molar-refractivity contribution >= 4 is 32.8 Å². The van der Waals surface area contributed by atoms with E-state index in [4.69, 9.17) is 5.73 Å². The summed E-state index contributed by atoms with van der Waals surface area (Å²) in [5.41, 5.74) is 4.99. The van der Waals surface area contributed by atoms with Gasteiger partial charge in [0.2, 0.25) is 16.0 Å². The fourth-order valence-corrected chi connectivity index (χ4v) is 3.84. The Morgan fingerprint density at radius 3 is 2.36 bits per heavy atom. The minimum Gasteiger partial charge on any atom is -0.368 e. The monoisotopic (exact) mass is 411 g/mol. The van der Waals surface area contributed by atoms with Gasteiger partial charge in [0.1, 0.15) is 0 Å². The Morgan fingerprint density at radius 2 is 1.75 bits per heavy atom. The largest absolute Gasteiger partial charge is 0.416 e. The number of aromatic nitrogens is 2. The number of anilines is 1. The lowest BCUT2D eigenvalue weighted by Crippen LogP contribution is -2.23. The van der Waals surface area contributed by atoms with Crippen LogP contribution in [0.3, 0.4) is 0 Å². The number of alkyl halides is 3. The van der Waals surface area contributed by atoms with Crippen LogP contribution in [0.5, 0.6) is 0 Å². The fourth-order valence-electron chi connectivity index (χ4n) is 2.70. The van der Waals surface area contributed by atoms with Crippen molar-refractivity contribution in [3.8, 4) is 0 Å². The van der Waals surface area contributed by atoms with Gasteiger partial charge in [-0.15, -0.1) is 0 Å². The van der Waals surface area contributed by atoms with E-state index < -0.39 is 32.8 Å². The summed E-state index contributed by atoms with van der Waals surface area (Å²) in [5.74, 6) is -0.936. The van der Waals surface area contributed by atoms with Crippen LogP contribution in [0, 0.1) is 0 Å². The van der Waals surface area contributed by atoms with E-state index in [0.29, 0.717) is 0 Å². The van der Waals surface area contributed by atoms with Gasteiger partial charge in [-0.1, -0.05) is 12.1 Å². The standard InChI is InChI=1S/C18H16F3N3O3S/c1-10(2)28(26,27)24-15-9-12(6-7-14(15)23-17(24)22)16(25)11-4-3-5-13(8-11)18(19,20)21/h3-10H,1-2H3,(H2,22,23). The summed E-state index contributed by atoms with van der Waals surface area (Å²) >= 11 is 0. The molecule has 2 aromatic carbocycles. The van der Waals surface area contributed by atoms with Gasteiger partial charge in [-0.2, -0.15) is 13.2 Å². The van der Waals surface area contributed by atoms with Gasteiger partial charge in [0.05, 0.1) is 21.8 Å². The first-order valence-corrected chi connectivity index (χ1v) is 9.67. The molecule has 0 saturated carbocycles. The van der Waals surface area contributed by atoms with Crippen LogP contribution in [0.1, 0.15) is 35.3 Å². The van der Waals surface area contributed by atoms with Crippen molar-refractivity contribution in [2.75, 3.05) is 5.73 Å². The molecule has 0 atom stereocenters. The third kappa shape index (κ3) is 3.35. The van der Waals surface area contributed by atoms with Gasteiger partial charge >= 0.3 is 6.18 Å². The first-order chi connectivity index (χ1) is 12.9. The molecule has 148 valence electrons. The van der Waals surface area contributed by atoms with Crippen LogP contribution in [-0.4, -0.2) is 28.4 Å². The highest BCUT2D eigenvalue weighted by Crippen LogP contribution is 2.30. The van der Waals surface area contributed by atoms with Gasteiger partial charge in [0, 0.05) is 11.1 Å². The Hall–Kier alpha value is -2.88. The van der Waals surface area contributed by atoms with E-state index in [1.807, 2.05) is 0 Å². The Kier molecular flexibility index (Phi) is 4.70. The number of fused-ring (bicyclic) bond motifs is 1. The number of nitrogen functional groups attached to an aromatic ring is 1. The summed E-state index contributed by atoms with van der Waals surface area (Å²) in [6.07, 6.45) is -4.58. The number of benzene rings is 2. The van der Waals surface area contributed by atoms with Crippen LogP contribution in [0.25, 0.3) is 11.0 Å². The lowest BCUT2D eigenvalue weighted by atomic mass is 10.0. The summed E-state index contributed by atoms with van der Waals surface area (Å²) < 4.78 is 64.7. The summed E-state index contributed by atoms with van der Waals surface area (Å²) in [4.78, 5) is 16.7. The number of carbonyl (C=O) groups excluding carboxylic acids is 1. The third-order valence-corrected chi connectivity index (χ3v) is 6.29. The molecule has 0 aliphatic rings. The van der Waals surface area contributed by atoms with E-state index in [9.17, 15) is 26.4 Å². The second kappa shape index (κ2) is 6.62. The average molecular weight is 411 g/mol. The predicted octanol–water partition coefficient (Wildman–Crippen LogP) is 3.45. The van der Waals surface area contributed by atoms with Gasteiger partial charge in [0.25, 0.3) is 0 Å². The van der Waals surface area contributed by atoms with Gasteiger partial charge in [-0.3, -0.25) is 4.79 Å². The molecule has 0 unspecified atom stereocenters. The zero-order chi connectivity index (χ0) is 20.9. The summed E-state index contributed by atoms with van der Waals surface area (Å²) in [6.45, 7) is 2.94. The second-order valence-electron chi connectivity index (χ2n) is 6.44. The number of nitrogens with zero attached hydrogens (tertiary/aromatic N) is 2. The molecule has 3 aromatic rings. The van der Waals surface area contributed by atoms with Crippen molar-refractivity contribution in [1.82, 2.24) is 8.96 Å². The molecule has 0 radical (unpaired) electrons. The Morgan fingerprint density at radius 1 is 1.11 bits per heavy atom. The van der Waals surface area contributed by atoms with Crippen LogP contribution in [0.15, 0.2) is 42.5 Å². The molecule has 0 aliphatic carbocycles. The molecule has 2 N–H and O–H groups in total. The number of hydrogen-bond donors (Lipinski definition) is 1. The first-order valence-electron chi connectivity index (χ1n) is 8.17. The molecule has 0 bridgehead atoms. The molecular formula is C18H16F3N3O3S. The maximum atomic E-state index is 12.9. The van der Waals surface area contributed by atoms with Crippen LogP contribution >= 0.6 is 0 Å². The third-order valence-electron chi connectivity index (χ3n) is 4.20. The smallest absolute Gasteiger partial charge is 0.368 e. The topological polar surface area (TPSA) is 95.1 Å². The van der Waals surface area contributed by atoms with Crippen LogP contribution in [-0.2, 0) is 16.2 Å². The van der Waals surface area contributed by atoms with Crippen molar-refractivity contribution in [1.29, 1.82) is 0 Å². The highest BCUT2D eigenvalue weighted by molar-refractivity contribution is 7.90. The van der Waals surface area contributed by atoms with Crippen molar-refractivity contribution in [3.63, 3.8) is 0 Å². The molecule has 0 aliphatic heterocycles. The van der Waals surface area contributed by atoms with Gasteiger partial charge < -0.3 is 5.73 Å². The lowest BCUT2D eigenvalue weighted by Gasteiger charge is -2.11. The number of hydrogen-bond acceptors (Lipinski definition) is 5. The van der Waals surface area contributed by atoms with Crippen LogP contribution in [0.4, 0.5) is 19.1 Å². The van der Waals surface area contributed by atoms with E-state index in [-0.39, 0.29) is 28.1 Å². The summed E-state index contributed by atoms with van der Waals surface area (Å²) in [5, 5.41) is -0.796. The summed E-state index contributed by atoms with van der Waals surface area (Å²) in [7, 11) is -3.85. The quantitative estimate of drug-likeness (QED) is 0.664. The molecule has 3 rings (SSSR count). The SMILES string of the molecule is CC(C)S(=O)(=O)n1c(N)nc2ccc(C(=O)c3cccc(C(F)(F)F)c3)cc21. The molecule has 0 fully saturated rings. The van der Waals surface area contributed by atoms with E-state index in [1.165, 1.54) is 38.1 Å². The molecule has 0 spiro atoms. The molecule has 0 amide bonds. The maximum absolute atomic E-state index is 12.9. The second-order valence-corrected chi connectivity index (χ2v) is 8.78. The number of imidazole rings is 1. The number of halogens is 3. The molecule has 1 aromatic heterocycles. The maximum Gasteiger partial charge on any atom is 0.416 e. The molecule has 0 saturated heterocycles. The highest BCUT2D eigenvalue weighted by Gasteiger charge is 2.31. The van der Waals surface area contributed by atoms with E-state index in [1.54, 1.807) is 0 Å². The highest BCUT2D eigenvalue weighted by atomic mass is 32.2. The molecule has 10 heteroatoms. The van der Waals surface area contributed by atoms with Crippen molar-refractivity contribution in [2.45, 2.75) is 25.3 Å². The minimum atomic E-state index is -4.58. The van der Waals surface area contributed by atoms with E-state index in [0.717, 1.165) is 22.2 Å². The fraction of sp³-hybridized carbons (Fsp3) is 0.222. The van der Waals surface area contributed by atoms with Crippen molar-refractivity contribution in [2.24, 2.45) is 0 Å². The zero-order valence-electron chi connectivity index (χ0n) is 14.9. The van der Waals surface area contributed by atoms with Crippen molar-refractivity contribution < 1.29 is 26.4 Å². The number of carbonyl (C=O) groups is 1. The Labute approximate surface area is 158 Å². The van der Waals surface area contributed by atoms with Gasteiger partial charge in [-0.25, -0.2) is 17.4 Å². The Bertz CT molecular complexity index is 1180. The molecule has 6 nitrogen and oxygen atoms in total. The van der Waals surface area contributed by atoms with Crippen LogP contribution in [0.2, 0.25) is 0 Å². The minimum absolute atomic E-state index is 0.0203. The number of ketones is 1. The van der Waals surface area contributed by atoms with Gasteiger partial charge in [0.15, 0.2) is 5.78 Å². The van der Waals surface area contributed by atoms with Crippen LogP contribution < -0.4 is 5.73 Å². The molecule has 1 heterocycles. The first kappa shape index (κ1) is 19.9. The van der Waals surface area contributed by atoms with Gasteiger partial charge in [-0.05, 0) is 44.2 Å². The zero-order valence-corrected chi connectivity index (χ0v) is 15.7. The molecule has 28 heavy (non-hydrogen) atoms. The number of nitrogens with two attached hydrogens (primary N) is 1.